The summed E-state index contributed by atoms with van der Waals surface area (Å²) < 4.78 is 5.03. The molecule has 0 spiro atoms. The van der Waals surface area contributed by atoms with Gasteiger partial charge in [0.15, 0.2) is 6.61 Å². The number of benzene rings is 1. The fraction of sp³-hybridized carbons (Fsp3) is 0.222. The molecule has 1 aromatic carbocycles. The van der Waals surface area contributed by atoms with E-state index in [0.29, 0.717) is 12.2 Å². The molecule has 2 rings (SSSR count). The molecule has 2 amide bonds. The molecule has 0 radical (unpaired) electrons. The number of carbonyl (C=O) groups excluding carboxylic acids is 3. The highest BCUT2D eigenvalue weighted by Crippen LogP contribution is 2.12. The van der Waals surface area contributed by atoms with Crippen LogP contribution in [0.5, 0.6) is 0 Å². The molecule has 7 nitrogen and oxygen atoms in total. The van der Waals surface area contributed by atoms with Crippen LogP contribution in [0.25, 0.3) is 0 Å². The summed E-state index contributed by atoms with van der Waals surface area (Å²) in [5.41, 5.74) is 1.75. The van der Waals surface area contributed by atoms with E-state index in [1.54, 1.807) is 24.5 Å². The van der Waals surface area contributed by atoms with Gasteiger partial charge in [0.05, 0.1) is 11.6 Å². The predicted molar refractivity (Wildman–Crippen MR) is 96.4 cm³/mol. The number of carbonyl (C=O) groups is 3. The lowest BCUT2D eigenvalue weighted by atomic mass is 10.2. The molecule has 1 aromatic heterocycles. The number of esters is 1. The minimum atomic E-state index is -0.628. The Morgan fingerprint density at radius 3 is 2.58 bits per heavy atom. The van der Waals surface area contributed by atoms with E-state index in [0.717, 1.165) is 5.56 Å². The minimum absolute atomic E-state index is 0.245. The molecule has 0 unspecified atom stereocenters. The Balaban J connectivity index is 1.82. The van der Waals surface area contributed by atoms with Gasteiger partial charge in [-0.25, -0.2) is 4.79 Å². The Morgan fingerprint density at radius 1 is 1.23 bits per heavy atom. The Kier molecular flexibility index (Phi) is 6.88. The van der Waals surface area contributed by atoms with Crippen molar-refractivity contribution in [2.24, 2.45) is 0 Å². The van der Waals surface area contributed by atoms with E-state index in [4.69, 9.17) is 10.00 Å². The molecular formula is C18H17N3O4S. The molecule has 0 atom stereocenters. The second-order valence-corrected chi connectivity index (χ2v) is 6.20. The zero-order chi connectivity index (χ0) is 18.9. The third-order valence-electron chi connectivity index (χ3n) is 3.40. The highest BCUT2D eigenvalue weighted by molar-refractivity contribution is 7.07. The van der Waals surface area contributed by atoms with Gasteiger partial charge in [-0.15, -0.1) is 0 Å². The van der Waals surface area contributed by atoms with Gasteiger partial charge < -0.3 is 15.0 Å². The number of likely N-dealkylation sites (N-methyl/N-ethyl adjacent to an activating group) is 1. The molecule has 8 heteroatoms. The predicted octanol–water partition coefficient (Wildman–Crippen LogP) is 2.42. The quantitative estimate of drug-likeness (QED) is 0.754. The standard InChI is InChI=1S/C18H17N3O4S/c1-21(10-13-7-9-26-12-13)17(23)11-25-18(24)14-2-4-15(5-3-14)20-16(22)6-8-19/h2-5,7,9,12H,6,10-11H2,1H3,(H,20,22). The maximum absolute atomic E-state index is 12.0. The first-order valence-electron chi connectivity index (χ1n) is 7.68. The number of ether oxygens (including phenoxy) is 1. The molecule has 1 heterocycles. The van der Waals surface area contributed by atoms with Crippen LogP contribution >= 0.6 is 11.3 Å². The van der Waals surface area contributed by atoms with Gasteiger partial charge >= 0.3 is 5.97 Å². The smallest absolute Gasteiger partial charge is 0.338 e. The first kappa shape index (κ1) is 19.1. The van der Waals surface area contributed by atoms with Crippen LogP contribution in [0.15, 0.2) is 41.1 Å². The summed E-state index contributed by atoms with van der Waals surface area (Å²) in [5.74, 6) is -1.36. The molecule has 0 saturated heterocycles. The molecular weight excluding hydrogens is 354 g/mol. The summed E-state index contributed by atoms with van der Waals surface area (Å²) in [5, 5.41) is 14.8. The molecule has 26 heavy (non-hydrogen) atoms. The topological polar surface area (TPSA) is 99.5 Å². The second-order valence-electron chi connectivity index (χ2n) is 5.42. The number of nitrogens with one attached hydrogen (secondary N) is 1. The number of anilines is 1. The van der Waals surface area contributed by atoms with Crippen LogP contribution in [0.2, 0.25) is 0 Å². The monoisotopic (exact) mass is 371 g/mol. The first-order chi connectivity index (χ1) is 12.5. The largest absolute Gasteiger partial charge is 0.452 e. The highest BCUT2D eigenvalue weighted by Gasteiger charge is 2.14. The molecule has 0 saturated carbocycles. The lowest BCUT2D eigenvalue weighted by Crippen LogP contribution is -2.30. The molecule has 0 aliphatic carbocycles. The van der Waals surface area contributed by atoms with Crippen LogP contribution in [-0.2, 0) is 20.9 Å². The van der Waals surface area contributed by atoms with Crippen LogP contribution in [0.3, 0.4) is 0 Å². The number of nitriles is 1. The maximum Gasteiger partial charge on any atom is 0.338 e. The normalized spacial score (nSPS) is 9.85. The molecule has 2 aromatic rings. The average Bonchev–Trinajstić information content (AvgIpc) is 3.13. The molecule has 0 aliphatic rings. The van der Waals surface area contributed by atoms with Crippen LogP contribution in [0.1, 0.15) is 22.3 Å². The maximum atomic E-state index is 12.0. The Bertz CT molecular complexity index is 810. The van der Waals surface area contributed by atoms with Crippen molar-refractivity contribution in [2.75, 3.05) is 19.0 Å². The first-order valence-corrected chi connectivity index (χ1v) is 8.63. The molecule has 1 N–H and O–H groups in total. The molecule has 0 aliphatic heterocycles. The van der Waals surface area contributed by atoms with Gasteiger partial charge in [0.1, 0.15) is 6.42 Å². The van der Waals surface area contributed by atoms with E-state index < -0.39 is 11.9 Å². The van der Waals surface area contributed by atoms with Gasteiger partial charge in [0.2, 0.25) is 5.91 Å². The lowest BCUT2D eigenvalue weighted by molar-refractivity contribution is -0.133. The van der Waals surface area contributed by atoms with Crippen LogP contribution in [0.4, 0.5) is 5.69 Å². The third kappa shape index (κ3) is 5.72. The fourth-order valence-corrected chi connectivity index (χ4v) is 2.69. The Labute approximate surface area is 154 Å². The Morgan fingerprint density at radius 2 is 1.96 bits per heavy atom. The number of amides is 2. The van der Waals surface area contributed by atoms with Crippen molar-refractivity contribution in [1.29, 1.82) is 5.26 Å². The van der Waals surface area contributed by atoms with E-state index in [1.165, 1.54) is 29.2 Å². The summed E-state index contributed by atoms with van der Waals surface area (Å²) in [6, 6.07) is 9.67. The summed E-state index contributed by atoms with van der Waals surface area (Å²) in [4.78, 5) is 36.8. The van der Waals surface area contributed by atoms with Gasteiger partial charge in [-0.2, -0.15) is 16.6 Å². The van der Waals surface area contributed by atoms with E-state index >= 15 is 0 Å². The molecule has 134 valence electrons. The second kappa shape index (κ2) is 9.34. The molecule has 0 bridgehead atoms. The van der Waals surface area contributed by atoms with Crippen LogP contribution < -0.4 is 5.32 Å². The van der Waals surface area contributed by atoms with Gasteiger partial charge in [0.25, 0.3) is 5.91 Å². The third-order valence-corrected chi connectivity index (χ3v) is 4.13. The number of rotatable bonds is 7. The number of hydrogen-bond donors (Lipinski definition) is 1. The van der Waals surface area contributed by atoms with Crippen LogP contribution in [-0.4, -0.2) is 36.3 Å². The number of thiophene rings is 1. The average molecular weight is 371 g/mol. The van der Waals surface area contributed by atoms with Gasteiger partial charge in [-0.3, -0.25) is 9.59 Å². The minimum Gasteiger partial charge on any atom is -0.452 e. The van der Waals surface area contributed by atoms with Gasteiger partial charge in [0, 0.05) is 19.3 Å². The summed E-state index contributed by atoms with van der Waals surface area (Å²) >= 11 is 1.55. The highest BCUT2D eigenvalue weighted by atomic mass is 32.1. The van der Waals surface area contributed by atoms with Crippen molar-refractivity contribution in [2.45, 2.75) is 13.0 Å². The van der Waals surface area contributed by atoms with Crippen LogP contribution in [0, 0.1) is 11.3 Å². The zero-order valence-corrected chi connectivity index (χ0v) is 14.9. The lowest BCUT2D eigenvalue weighted by Gasteiger charge is -2.16. The van der Waals surface area contributed by atoms with E-state index in [1.807, 2.05) is 16.8 Å². The van der Waals surface area contributed by atoms with Crippen molar-refractivity contribution < 1.29 is 19.1 Å². The molecule has 0 fully saturated rings. The van der Waals surface area contributed by atoms with Crippen molar-refractivity contribution in [3.05, 3.63) is 52.2 Å². The summed E-state index contributed by atoms with van der Waals surface area (Å²) in [6.45, 7) is 0.108. The van der Waals surface area contributed by atoms with Crippen molar-refractivity contribution in [1.82, 2.24) is 4.90 Å². The van der Waals surface area contributed by atoms with Crippen molar-refractivity contribution >= 4 is 34.8 Å². The zero-order valence-electron chi connectivity index (χ0n) is 14.1. The van der Waals surface area contributed by atoms with Crippen molar-refractivity contribution in [3.8, 4) is 6.07 Å². The number of nitrogens with zero attached hydrogens (tertiary/aromatic N) is 2. The number of hydrogen-bond acceptors (Lipinski definition) is 6. The van der Waals surface area contributed by atoms with E-state index in [-0.39, 0.29) is 24.5 Å². The van der Waals surface area contributed by atoms with E-state index in [2.05, 4.69) is 5.32 Å². The van der Waals surface area contributed by atoms with E-state index in [9.17, 15) is 14.4 Å². The Hall–Kier alpha value is -3.18. The SMILES string of the molecule is CN(Cc1ccsc1)C(=O)COC(=O)c1ccc(NC(=O)CC#N)cc1. The van der Waals surface area contributed by atoms with Gasteiger partial charge in [-0.1, -0.05) is 0 Å². The summed E-state index contributed by atoms with van der Waals surface area (Å²) in [7, 11) is 1.65. The summed E-state index contributed by atoms with van der Waals surface area (Å²) in [6.07, 6.45) is -0.245. The van der Waals surface area contributed by atoms with Crippen molar-refractivity contribution in [3.63, 3.8) is 0 Å². The fourth-order valence-electron chi connectivity index (χ4n) is 2.03. The van der Waals surface area contributed by atoms with Gasteiger partial charge in [-0.05, 0) is 46.7 Å².